The highest BCUT2D eigenvalue weighted by Gasteiger charge is 2.20. The van der Waals surface area contributed by atoms with Crippen molar-refractivity contribution in [1.82, 2.24) is 19.9 Å². The summed E-state index contributed by atoms with van der Waals surface area (Å²) in [7, 11) is 0. The molecule has 0 N–H and O–H groups in total. The lowest BCUT2D eigenvalue weighted by atomic mass is 10.1. The molecule has 2 aromatic rings. The van der Waals surface area contributed by atoms with E-state index < -0.39 is 0 Å². The number of piperidine rings is 1. The molecule has 0 spiro atoms. The Bertz CT molecular complexity index is 565. The quantitative estimate of drug-likeness (QED) is 0.712. The second kappa shape index (κ2) is 4.04. The van der Waals surface area contributed by atoms with Gasteiger partial charge in [-0.25, -0.2) is 19.9 Å². The van der Waals surface area contributed by atoms with Crippen LogP contribution in [0.3, 0.4) is 0 Å². The van der Waals surface area contributed by atoms with Crippen LogP contribution in [0.1, 0.15) is 12.8 Å². The van der Waals surface area contributed by atoms with Gasteiger partial charge in [0.1, 0.15) is 6.33 Å². The number of carbonyl (C=O) groups excluding carboxylic acids is 1. The van der Waals surface area contributed by atoms with Crippen molar-refractivity contribution in [3.05, 3.63) is 18.7 Å². The van der Waals surface area contributed by atoms with Gasteiger partial charge in [-0.2, -0.15) is 0 Å². The number of aromatic nitrogens is 4. The minimum atomic E-state index is 0.243. The van der Waals surface area contributed by atoms with Gasteiger partial charge in [0, 0.05) is 25.4 Å². The zero-order chi connectivity index (χ0) is 11.7. The van der Waals surface area contributed by atoms with Crippen LogP contribution in [-0.4, -0.2) is 38.8 Å². The third kappa shape index (κ3) is 1.82. The number of rotatable bonds is 1. The standard InChI is InChI=1S/C11H11N5O/c17-8-2-1-5-16(6-8)11-9-10(14-7-15-11)13-4-3-12-9/h3-4,7H,1-2,5-6H2. The smallest absolute Gasteiger partial charge is 0.183 e. The molecule has 0 saturated carbocycles. The molecular weight excluding hydrogens is 218 g/mol. The summed E-state index contributed by atoms with van der Waals surface area (Å²) in [6.07, 6.45) is 6.20. The molecule has 0 aromatic carbocycles. The first kappa shape index (κ1) is 10.1. The van der Waals surface area contributed by atoms with Crippen molar-refractivity contribution in [3.63, 3.8) is 0 Å². The third-order valence-electron chi connectivity index (χ3n) is 2.80. The van der Waals surface area contributed by atoms with Crippen LogP contribution >= 0.6 is 0 Å². The van der Waals surface area contributed by atoms with Gasteiger partial charge in [0.15, 0.2) is 22.8 Å². The highest BCUT2D eigenvalue weighted by atomic mass is 16.1. The summed E-state index contributed by atoms with van der Waals surface area (Å²) in [5, 5.41) is 0. The van der Waals surface area contributed by atoms with E-state index in [1.54, 1.807) is 12.4 Å². The number of hydrogen-bond donors (Lipinski definition) is 0. The zero-order valence-corrected chi connectivity index (χ0v) is 9.20. The highest BCUT2D eigenvalue weighted by molar-refractivity contribution is 5.88. The van der Waals surface area contributed by atoms with Gasteiger partial charge >= 0.3 is 0 Å². The van der Waals surface area contributed by atoms with Crippen molar-refractivity contribution >= 4 is 22.8 Å². The summed E-state index contributed by atoms with van der Waals surface area (Å²) >= 11 is 0. The van der Waals surface area contributed by atoms with Crippen LogP contribution < -0.4 is 4.90 Å². The summed E-state index contributed by atoms with van der Waals surface area (Å²) in [4.78, 5) is 30.1. The first-order valence-corrected chi connectivity index (χ1v) is 5.53. The second-order valence-electron chi connectivity index (χ2n) is 3.99. The summed E-state index contributed by atoms with van der Waals surface area (Å²) < 4.78 is 0. The largest absolute Gasteiger partial charge is 0.347 e. The van der Waals surface area contributed by atoms with Crippen LogP contribution in [-0.2, 0) is 4.79 Å². The van der Waals surface area contributed by atoms with E-state index in [0.717, 1.165) is 13.0 Å². The van der Waals surface area contributed by atoms with Crippen molar-refractivity contribution < 1.29 is 4.79 Å². The fourth-order valence-electron chi connectivity index (χ4n) is 2.03. The molecule has 1 fully saturated rings. The molecule has 3 heterocycles. The molecule has 1 saturated heterocycles. The molecule has 1 aliphatic rings. The van der Waals surface area contributed by atoms with Gasteiger partial charge in [0.05, 0.1) is 6.54 Å². The van der Waals surface area contributed by atoms with Crippen LogP contribution in [0.15, 0.2) is 18.7 Å². The van der Waals surface area contributed by atoms with E-state index in [4.69, 9.17) is 0 Å². The lowest BCUT2D eigenvalue weighted by Crippen LogP contribution is -2.36. The van der Waals surface area contributed by atoms with Gasteiger partial charge in [0.25, 0.3) is 0 Å². The molecule has 17 heavy (non-hydrogen) atoms. The topological polar surface area (TPSA) is 71.9 Å². The van der Waals surface area contributed by atoms with Gasteiger partial charge in [-0.3, -0.25) is 4.79 Å². The van der Waals surface area contributed by atoms with E-state index in [9.17, 15) is 4.79 Å². The molecule has 6 nitrogen and oxygen atoms in total. The Hall–Kier alpha value is -2.11. The van der Waals surface area contributed by atoms with Crippen molar-refractivity contribution in [2.24, 2.45) is 0 Å². The second-order valence-corrected chi connectivity index (χ2v) is 3.99. The summed E-state index contributed by atoms with van der Waals surface area (Å²) in [6, 6.07) is 0. The molecule has 0 bridgehead atoms. The highest BCUT2D eigenvalue weighted by Crippen LogP contribution is 2.21. The summed E-state index contributed by atoms with van der Waals surface area (Å²) in [5.74, 6) is 0.947. The first-order chi connectivity index (χ1) is 8.34. The van der Waals surface area contributed by atoms with E-state index in [-0.39, 0.29) is 5.78 Å². The van der Waals surface area contributed by atoms with E-state index in [2.05, 4.69) is 19.9 Å². The van der Waals surface area contributed by atoms with Gasteiger partial charge < -0.3 is 4.90 Å². The predicted molar refractivity (Wildman–Crippen MR) is 61.6 cm³/mol. The molecule has 2 aromatic heterocycles. The average Bonchev–Trinajstić information content (AvgIpc) is 2.38. The Morgan fingerprint density at radius 3 is 2.88 bits per heavy atom. The summed E-state index contributed by atoms with van der Waals surface area (Å²) in [6.45, 7) is 1.23. The lowest BCUT2D eigenvalue weighted by molar-refractivity contribution is -0.118. The molecule has 0 radical (unpaired) electrons. The fourth-order valence-corrected chi connectivity index (χ4v) is 2.03. The molecule has 0 unspecified atom stereocenters. The SMILES string of the molecule is O=C1CCCN(c2ncnc3nccnc23)C1. The average molecular weight is 229 g/mol. The number of Topliss-reactive ketones (excluding diaryl/α,β-unsaturated/α-hetero) is 1. The first-order valence-electron chi connectivity index (χ1n) is 5.53. The third-order valence-corrected chi connectivity index (χ3v) is 2.80. The van der Waals surface area contributed by atoms with Crippen LogP contribution in [0.4, 0.5) is 5.82 Å². The Morgan fingerprint density at radius 1 is 1.12 bits per heavy atom. The van der Waals surface area contributed by atoms with Gasteiger partial charge in [-0.1, -0.05) is 0 Å². The van der Waals surface area contributed by atoms with Crippen LogP contribution in [0.25, 0.3) is 11.2 Å². The molecule has 0 amide bonds. The number of fused-ring (bicyclic) bond motifs is 1. The molecule has 6 heteroatoms. The lowest BCUT2D eigenvalue weighted by Gasteiger charge is -2.26. The molecule has 0 atom stereocenters. The van der Waals surface area contributed by atoms with Crippen LogP contribution in [0, 0.1) is 0 Å². The number of nitrogens with zero attached hydrogens (tertiary/aromatic N) is 5. The molecule has 1 aliphatic heterocycles. The maximum atomic E-state index is 11.5. The molecule has 86 valence electrons. The van der Waals surface area contributed by atoms with E-state index in [1.807, 2.05) is 4.90 Å². The minimum absolute atomic E-state index is 0.243. The Kier molecular flexibility index (Phi) is 2.40. The Balaban J connectivity index is 2.07. The van der Waals surface area contributed by atoms with Crippen molar-refractivity contribution in [3.8, 4) is 0 Å². The zero-order valence-electron chi connectivity index (χ0n) is 9.20. The number of hydrogen-bond acceptors (Lipinski definition) is 6. The van der Waals surface area contributed by atoms with Crippen molar-refractivity contribution in [2.75, 3.05) is 18.0 Å². The molecular formula is C11H11N5O. The van der Waals surface area contributed by atoms with E-state index in [1.165, 1.54) is 6.33 Å². The maximum Gasteiger partial charge on any atom is 0.183 e. The van der Waals surface area contributed by atoms with Crippen LogP contribution in [0.5, 0.6) is 0 Å². The Labute approximate surface area is 97.7 Å². The molecule has 3 rings (SSSR count). The van der Waals surface area contributed by atoms with Crippen LogP contribution in [0.2, 0.25) is 0 Å². The van der Waals surface area contributed by atoms with Gasteiger partial charge in [-0.15, -0.1) is 0 Å². The maximum absolute atomic E-state index is 11.5. The Morgan fingerprint density at radius 2 is 2.00 bits per heavy atom. The minimum Gasteiger partial charge on any atom is -0.347 e. The fraction of sp³-hybridized carbons (Fsp3) is 0.364. The van der Waals surface area contributed by atoms with Gasteiger partial charge in [-0.05, 0) is 6.42 Å². The number of ketones is 1. The number of carbonyl (C=O) groups is 1. The molecule has 0 aliphatic carbocycles. The van der Waals surface area contributed by atoms with Gasteiger partial charge in [0.2, 0.25) is 0 Å². The van der Waals surface area contributed by atoms with Crippen molar-refractivity contribution in [2.45, 2.75) is 12.8 Å². The van der Waals surface area contributed by atoms with E-state index in [0.29, 0.717) is 29.9 Å². The monoisotopic (exact) mass is 229 g/mol. The number of anilines is 1. The van der Waals surface area contributed by atoms with Crippen molar-refractivity contribution in [1.29, 1.82) is 0 Å². The normalized spacial score (nSPS) is 16.5. The van der Waals surface area contributed by atoms with E-state index >= 15 is 0 Å². The summed E-state index contributed by atoms with van der Waals surface area (Å²) in [5.41, 5.74) is 1.22. The predicted octanol–water partition coefficient (Wildman–Crippen LogP) is 0.589.